The Balaban J connectivity index is 1.19. The second kappa shape index (κ2) is 13.4. The van der Waals surface area contributed by atoms with Crippen LogP contribution in [0.5, 0.6) is 11.5 Å². The van der Waals surface area contributed by atoms with Gasteiger partial charge in [0.25, 0.3) is 0 Å². The molecule has 9 aromatic rings. The quantitative estimate of drug-likeness (QED) is 0.176. The lowest BCUT2D eigenvalue weighted by Crippen LogP contribution is -2.32. The summed E-state index contributed by atoms with van der Waals surface area (Å²) in [6, 6.07) is 69.1. The molecule has 2 aliphatic rings. The van der Waals surface area contributed by atoms with Crippen LogP contribution in [-0.4, -0.2) is 15.0 Å². The van der Waals surface area contributed by atoms with Gasteiger partial charge in [-0.25, -0.2) is 15.0 Å². The maximum atomic E-state index is 9.64. The minimum Gasteiger partial charge on any atom is -0.457 e. The monoisotopic (exact) mass is 740 g/mol. The van der Waals surface area contributed by atoms with Crippen molar-refractivity contribution in [3.63, 3.8) is 0 Å². The third-order valence-electron chi connectivity index (χ3n) is 11.4. The fourth-order valence-corrected chi connectivity index (χ4v) is 8.90. The van der Waals surface area contributed by atoms with Gasteiger partial charge in [0, 0.05) is 27.8 Å². The molecule has 5 nitrogen and oxygen atoms in total. The zero-order valence-electron chi connectivity index (χ0n) is 31.2. The molecule has 270 valence electrons. The number of nitriles is 1. The van der Waals surface area contributed by atoms with Crippen molar-refractivity contribution in [3.8, 4) is 85.1 Å². The Morgan fingerprint density at radius 2 is 0.862 bits per heavy atom. The van der Waals surface area contributed by atoms with Crippen molar-refractivity contribution in [2.24, 2.45) is 0 Å². The average molecular weight is 741 g/mol. The van der Waals surface area contributed by atoms with Gasteiger partial charge in [0.15, 0.2) is 17.5 Å². The fraction of sp³-hybridized carbons (Fsp3) is 0.0189. The van der Waals surface area contributed by atoms with Crippen molar-refractivity contribution < 1.29 is 4.74 Å². The molecule has 58 heavy (non-hydrogen) atoms. The molecule has 1 aliphatic carbocycles. The minimum atomic E-state index is -0.593. The lowest BCUT2D eigenvalue weighted by Gasteiger charge is -2.39. The van der Waals surface area contributed by atoms with Crippen LogP contribution in [-0.2, 0) is 5.41 Å². The van der Waals surface area contributed by atoms with Crippen LogP contribution in [0.15, 0.2) is 194 Å². The Bertz CT molecular complexity index is 2990. The number of hydrogen-bond acceptors (Lipinski definition) is 5. The molecule has 0 bridgehead atoms. The number of rotatable bonds is 5. The normalized spacial score (nSPS) is 12.7. The molecular weight excluding hydrogens is 709 g/mol. The zero-order chi connectivity index (χ0) is 38.6. The van der Waals surface area contributed by atoms with E-state index in [2.05, 4.69) is 103 Å². The highest BCUT2D eigenvalue weighted by Gasteiger charge is 2.51. The van der Waals surface area contributed by atoms with Crippen molar-refractivity contribution in [2.75, 3.05) is 0 Å². The van der Waals surface area contributed by atoms with Crippen LogP contribution in [0.4, 0.5) is 0 Å². The first-order valence-electron chi connectivity index (χ1n) is 19.3. The molecule has 1 aromatic heterocycles. The van der Waals surface area contributed by atoms with E-state index in [1.807, 2.05) is 97.1 Å². The summed E-state index contributed by atoms with van der Waals surface area (Å²) in [5.41, 5.74) is 13.8. The lowest BCUT2D eigenvalue weighted by atomic mass is 9.66. The van der Waals surface area contributed by atoms with Crippen LogP contribution in [0.1, 0.15) is 27.8 Å². The number of nitrogens with zero attached hydrogens (tertiary/aromatic N) is 4. The van der Waals surface area contributed by atoms with E-state index in [-0.39, 0.29) is 0 Å². The van der Waals surface area contributed by atoms with E-state index < -0.39 is 5.41 Å². The fourth-order valence-electron chi connectivity index (χ4n) is 8.90. The van der Waals surface area contributed by atoms with Crippen molar-refractivity contribution in [1.29, 1.82) is 5.26 Å². The molecule has 0 fully saturated rings. The van der Waals surface area contributed by atoms with E-state index in [0.29, 0.717) is 23.0 Å². The summed E-state index contributed by atoms with van der Waals surface area (Å²) in [7, 11) is 0. The summed E-state index contributed by atoms with van der Waals surface area (Å²) >= 11 is 0. The number of benzene rings is 8. The molecule has 0 saturated heterocycles. The summed E-state index contributed by atoms with van der Waals surface area (Å²) in [6.45, 7) is 0. The molecule has 0 N–H and O–H groups in total. The minimum absolute atomic E-state index is 0.571. The summed E-state index contributed by atoms with van der Waals surface area (Å²) in [6.07, 6.45) is 0. The number of fused-ring (bicyclic) bond motifs is 9. The van der Waals surface area contributed by atoms with Crippen molar-refractivity contribution in [1.82, 2.24) is 15.0 Å². The molecule has 11 rings (SSSR count). The van der Waals surface area contributed by atoms with Gasteiger partial charge < -0.3 is 4.74 Å². The Morgan fingerprint density at radius 3 is 1.48 bits per heavy atom. The van der Waals surface area contributed by atoms with E-state index in [1.54, 1.807) is 0 Å². The summed E-state index contributed by atoms with van der Waals surface area (Å²) in [5.74, 6) is 3.49. The van der Waals surface area contributed by atoms with Crippen molar-refractivity contribution in [2.45, 2.75) is 5.41 Å². The Kier molecular flexibility index (Phi) is 7.70. The highest BCUT2D eigenvalue weighted by molar-refractivity contribution is 5.97. The Morgan fingerprint density at radius 1 is 0.379 bits per heavy atom. The molecule has 2 heterocycles. The average Bonchev–Trinajstić information content (AvgIpc) is 3.60. The molecule has 0 amide bonds. The molecule has 0 radical (unpaired) electrons. The summed E-state index contributed by atoms with van der Waals surface area (Å²) in [5, 5.41) is 9.64. The van der Waals surface area contributed by atoms with E-state index >= 15 is 0 Å². The van der Waals surface area contributed by atoms with Crippen LogP contribution in [0.25, 0.3) is 67.5 Å². The molecule has 5 heteroatoms. The van der Waals surface area contributed by atoms with Crippen LogP contribution in [0.3, 0.4) is 0 Å². The van der Waals surface area contributed by atoms with Gasteiger partial charge in [-0.3, -0.25) is 0 Å². The van der Waals surface area contributed by atoms with Gasteiger partial charge in [-0.05, 0) is 87.0 Å². The molecule has 1 aliphatic heterocycles. The maximum Gasteiger partial charge on any atom is 0.164 e. The zero-order valence-corrected chi connectivity index (χ0v) is 31.2. The van der Waals surface area contributed by atoms with Crippen LogP contribution in [0, 0.1) is 11.3 Å². The van der Waals surface area contributed by atoms with Crippen LogP contribution in [0.2, 0.25) is 0 Å². The SMILES string of the molecule is N#Cc1ccc(-c2cc(-c3nc(-c4ccccc4)nc(-c4ccccc4)n3)cc(-c3cccc4c3-c3ccccc3C43c4ccccc4Oc4ccccc43)c2)cc1. The maximum absolute atomic E-state index is 9.64. The largest absolute Gasteiger partial charge is 0.457 e. The number of para-hydroxylation sites is 2. The lowest BCUT2D eigenvalue weighted by molar-refractivity contribution is 0.436. The van der Waals surface area contributed by atoms with E-state index in [1.165, 1.54) is 22.3 Å². The van der Waals surface area contributed by atoms with E-state index in [0.717, 1.165) is 61.6 Å². The van der Waals surface area contributed by atoms with Crippen molar-refractivity contribution in [3.05, 3.63) is 222 Å². The van der Waals surface area contributed by atoms with E-state index in [9.17, 15) is 5.26 Å². The molecule has 0 saturated carbocycles. The Hall–Kier alpha value is -7.94. The van der Waals surface area contributed by atoms with Gasteiger partial charge in [0.05, 0.1) is 17.0 Å². The first-order valence-corrected chi connectivity index (χ1v) is 19.3. The third-order valence-corrected chi connectivity index (χ3v) is 11.4. The van der Waals surface area contributed by atoms with Crippen molar-refractivity contribution >= 4 is 0 Å². The highest BCUT2D eigenvalue weighted by Crippen LogP contribution is 2.63. The predicted octanol–water partition coefficient (Wildman–Crippen LogP) is 12.5. The molecular formula is C53H32N4O. The first-order chi connectivity index (χ1) is 28.7. The van der Waals surface area contributed by atoms with Gasteiger partial charge in [0.1, 0.15) is 11.5 Å². The highest BCUT2D eigenvalue weighted by atomic mass is 16.5. The topological polar surface area (TPSA) is 71.7 Å². The van der Waals surface area contributed by atoms with Gasteiger partial charge in [-0.1, -0.05) is 152 Å². The Labute approximate surface area is 336 Å². The molecule has 0 atom stereocenters. The van der Waals surface area contributed by atoms with Crippen LogP contribution >= 0.6 is 0 Å². The summed E-state index contributed by atoms with van der Waals surface area (Å²) < 4.78 is 6.60. The van der Waals surface area contributed by atoms with Gasteiger partial charge in [-0.15, -0.1) is 0 Å². The van der Waals surface area contributed by atoms with E-state index in [4.69, 9.17) is 19.7 Å². The smallest absolute Gasteiger partial charge is 0.164 e. The van der Waals surface area contributed by atoms with Gasteiger partial charge in [-0.2, -0.15) is 5.26 Å². The molecule has 1 spiro atoms. The predicted molar refractivity (Wildman–Crippen MR) is 229 cm³/mol. The van der Waals surface area contributed by atoms with Gasteiger partial charge in [0.2, 0.25) is 0 Å². The molecule has 8 aromatic carbocycles. The first kappa shape index (κ1) is 33.4. The second-order valence-corrected chi connectivity index (χ2v) is 14.6. The third kappa shape index (κ3) is 5.20. The summed E-state index contributed by atoms with van der Waals surface area (Å²) in [4.78, 5) is 15.3. The van der Waals surface area contributed by atoms with Crippen LogP contribution < -0.4 is 4.74 Å². The number of ether oxygens (including phenoxy) is 1. The second-order valence-electron chi connectivity index (χ2n) is 14.6. The number of hydrogen-bond donors (Lipinski definition) is 0. The van der Waals surface area contributed by atoms with Gasteiger partial charge >= 0.3 is 0 Å². The standard InChI is InChI=1S/C53H32N4O/c54-33-34-26-28-35(29-27-34)38-30-39(32-40(31-38)52-56-50(36-14-3-1-4-15-36)55-51(57-52)37-16-5-2-6-17-37)41-19-13-23-46-49(41)42-18-7-8-20-43(42)53(46)44-21-9-11-24-47(44)58-48-25-12-10-22-45(48)53/h1-32H. The number of aromatic nitrogens is 3. The molecule has 0 unspecified atom stereocenters.